The molecule has 0 atom stereocenters. The number of halogens is 2. The number of thioether (sulfide) groups is 1. The van der Waals surface area contributed by atoms with Crippen LogP contribution in [-0.2, 0) is 12.3 Å². The Labute approximate surface area is 112 Å². The Balaban J connectivity index is 2.11. The summed E-state index contributed by atoms with van der Waals surface area (Å²) in [5.74, 6) is -0.678. The zero-order valence-electron chi connectivity index (χ0n) is 10.8. The maximum atomic E-state index is 12.0. The quantitative estimate of drug-likeness (QED) is 0.641. The van der Waals surface area contributed by atoms with Crippen LogP contribution in [0.4, 0.5) is 8.78 Å². The van der Waals surface area contributed by atoms with Gasteiger partial charge in [0.05, 0.1) is 12.3 Å². The van der Waals surface area contributed by atoms with Gasteiger partial charge in [0, 0.05) is 0 Å². The fraction of sp³-hybridized carbons (Fsp3) is 0.692. The Bertz CT molecular complexity index is 318. The fourth-order valence-corrected chi connectivity index (χ4v) is 2.07. The molecule has 0 radical (unpaired) electrons. The van der Waals surface area contributed by atoms with Gasteiger partial charge in [-0.05, 0) is 25.1 Å². The van der Waals surface area contributed by atoms with Crippen molar-refractivity contribution in [3.05, 3.63) is 23.7 Å². The summed E-state index contributed by atoms with van der Waals surface area (Å²) in [5.41, 5.74) is 0. The molecule has 0 fully saturated rings. The number of hydrogen-bond acceptors (Lipinski definition) is 3. The predicted octanol–water partition coefficient (Wildman–Crippen LogP) is 4.41. The first kappa shape index (κ1) is 15.5. The van der Waals surface area contributed by atoms with Crippen molar-refractivity contribution in [2.45, 2.75) is 50.7 Å². The molecule has 1 aromatic heterocycles. The van der Waals surface area contributed by atoms with Crippen molar-refractivity contribution in [2.75, 3.05) is 6.54 Å². The van der Waals surface area contributed by atoms with E-state index in [1.54, 1.807) is 6.07 Å². The van der Waals surface area contributed by atoms with Crippen LogP contribution in [-0.4, -0.2) is 12.3 Å². The van der Waals surface area contributed by atoms with E-state index >= 15 is 0 Å². The van der Waals surface area contributed by atoms with E-state index in [4.69, 9.17) is 4.42 Å². The van der Waals surface area contributed by atoms with Gasteiger partial charge in [-0.3, -0.25) is 0 Å². The second kappa shape index (κ2) is 9.39. The van der Waals surface area contributed by atoms with E-state index in [0.29, 0.717) is 24.1 Å². The van der Waals surface area contributed by atoms with Crippen LogP contribution in [0, 0.1) is 0 Å². The molecule has 1 aromatic rings. The standard InChI is InChI=1S/C13H21F2NOS/c1-2-3-4-5-8-16-9-11-6-7-12(17-11)10-18-13(14)15/h6-7,13,16H,2-5,8-10H2,1H3. The van der Waals surface area contributed by atoms with Gasteiger partial charge in [0.25, 0.3) is 5.76 Å². The first-order valence-corrected chi connectivity index (χ1v) is 7.45. The minimum absolute atomic E-state index is 0.230. The van der Waals surface area contributed by atoms with Crippen molar-refractivity contribution in [3.8, 4) is 0 Å². The van der Waals surface area contributed by atoms with Gasteiger partial charge < -0.3 is 9.73 Å². The lowest BCUT2D eigenvalue weighted by Crippen LogP contribution is -2.14. The van der Waals surface area contributed by atoms with Gasteiger partial charge in [0.2, 0.25) is 0 Å². The summed E-state index contributed by atoms with van der Waals surface area (Å²) >= 11 is 0.588. The molecule has 0 amide bonds. The summed E-state index contributed by atoms with van der Waals surface area (Å²) in [6.07, 6.45) is 4.93. The molecule has 1 heterocycles. The topological polar surface area (TPSA) is 25.2 Å². The normalized spacial score (nSPS) is 11.3. The molecular weight excluding hydrogens is 256 g/mol. The Kier molecular flexibility index (Phi) is 8.09. The highest BCUT2D eigenvalue weighted by molar-refractivity contribution is 7.98. The van der Waals surface area contributed by atoms with E-state index in [1.807, 2.05) is 6.07 Å². The third kappa shape index (κ3) is 7.01. The van der Waals surface area contributed by atoms with E-state index in [-0.39, 0.29) is 5.75 Å². The maximum Gasteiger partial charge on any atom is 0.284 e. The van der Waals surface area contributed by atoms with Crippen LogP contribution in [0.2, 0.25) is 0 Å². The molecule has 18 heavy (non-hydrogen) atoms. The van der Waals surface area contributed by atoms with Crippen molar-refractivity contribution in [3.63, 3.8) is 0 Å². The third-order valence-electron chi connectivity index (χ3n) is 2.58. The Morgan fingerprint density at radius 3 is 2.72 bits per heavy atom. The van der Waals surface area contributed by atoms with Gasteiger partial charge in [-0.25, -0.2) is 0 Å². The molecule has 1 N–H and O–H groups in total. The van der Waals surface area contributed by atoms with Gasteiger partial charge in [0.15, 0.2) is 0 Å². The van der Waals surface area contributed by atoms with Gasteiger partial charge >= 0.3 is 0 Å². The monoisotopic (exact) mass is 277 g/mol. The molecule has 2 nitrogen and oxygen atoms in total. The maximum absolute atomic E-state index is 12.0. The van der Waals surface area contributed by atoms with E-state index in [9.17, 15) is 8.78 Å². The molecule has 104 valence electrons. The molecule has 0 aliphatic rings. The van der Waals surface area contributed by atoms with Gasteiger partial charge in [0.1, 0.15) is 11.5 Å². The van der Waals surface area contributed by atoms with E-state index in [1.165, 1.54) is 25.7 Å². The summed E-state index contributed by atoms with van der Waals surface area (Å²) in [4.78, 5) is 0. The minimum Gasteiger partial charge on any atom is -0.464 e. The number of rotatable bonds is 10. The largest absolute Gasteiger partial charge is 0.464 e. The van der Waals surface area contributed by atoms with Crippen LogP contribution in [0.25, 0.3) is 0 Å². The zero-order chi connectivity index (χ0) is 13.2. The second-order valence-electron chi connectivity index (χ2n) is 4.18. The molecule has 0 spiro atoms. The van der Waals surface area contributed by atoms with Crippen LogP contribution in [0.3, 0.4) is 0 Å². The van der Waals surface area contributed by atoms with E-state index in [2.05, 4.69) is 12.2 Å². The molecule has 0 saturated heterocycles. The van der Waals surface area contributed by atoms with Gasteiger partial charge in [-0.15, -0.1) is 0 Å². The Morgan fingerprint density at radius 1 is 1.22 bits per heavy atom. The van der Waals surface area contributed by atoms with Crippen LogP contribution >= 0.6 is 11.8 Å². The van der Waals surface area contributed by atoms with Gasteiger partial charge in [-0.1, -0.05) is 37.9 Å². The van der Waals surface area contributed by atoms with Crippen LogP contribution in [0.1, 0.15) is 44.1 Å². The highest BCUT2D eigenvalue weighted by atomic mass is 32.2. The van der Waals surface area contributed by atoms with Crippen molar-refractivity contribution in [2.24, 2.45) is 0 Å². The van der Waals surface area contributed by atoms with Crippen LogP contribution in [0.5, 0.6) is 0 Å². The first-order chi connectivity index (χ1) is 8.72. The number of furan rings is 1. The molecular formula is C13H21F2NOS. The molecule has 1 rings (SSSR count). The van der Waals surface area contributed by atoms with Crippen LogP contribution in [0.15, 0.2) is 16.5 Å². The minimum atomic E-state index is -2.34. The van der Waals surface area contributed by atoms with E-state index in [0.717, 1.165) is 12.3 Å². The Hall–Kier alpha value is -0.550. The lowest BCUT2D eigenvalue weighted by atomic mass is 10.2. The highest BCUT2D eigenvalue weighted by Crippen LogP contribution is 2.21. The summed E-state index contributed by atoms with van der Waals surface area (Å²) in [6, 6.07) is 3.61. The van der Waals surface area contributed by atoms with Crippen molar-refractivity contribution < 1.29 is 13.2 Å². The summed E-state index contributed by atoms with van der Waals surface area (Å²) in [7, 11) is 0. The number of hydrogen-bond donors (Lipinski definition) is 1. The lowest BCUT2D eigenvalue weighted by molar-refractivity contribution is 0.251. The number of alkyl halides is 2. The summed E-state index contributed by atoms with van der Waals surface area (Å²) in [6.45, 7) is 3.84. The molecule has 0 unspecified atom stereocenters. The van der Waals surface area contributed by atoms with Crippen LogP contribution < -0.4 is 5.32 Å². The third-order valence-corrected chi connectivity index (χ3v) is 3.28. The molecule has 0 bridgehead atoms. The average Bonchev–Trinajstić information content (AvgIpc) is 2.79. The van der Waals surface area contributed by atoms with Crippen molar-refractivity contribution in [1.82, 2.24) is 5.32 Å². The second-order valence-corrected chi connectivity index (χ2v) is 5.16. The van der Waals surface area contributed by atoms with Crippen molar-refractivity contribution >= 4 is 11.8 Å². The smallest absolute Gasteiger partial charge is 0.284 e. The summed E-state index contributed by atoms with van der Waals surface area (Å²) in [5, 5.41) is 3.29. The number of unbranched alkanes of at least 4 members (excludes halogenated alkanes) is 3. The fourth-order valence-electron chi connectivity index (χ4n) is 1.63. The zero-order valence-corrected chi connectivity index (χ0v) is 11.6. The molecule has 0 aliphatic carbocycles. The van der Waals surface area contributed by atoms with Crippen molar-refractivity contribution in [1.29, 1.82) is 0 Å². The Morgan fingerprint density at radius 2 is 2.00 bits per heavy atom. The first-order valence-electron chi connectivity index (χ1n) is 6.40. The SMILES string of the molecule is CCCCCCNCc1ccc(CSC(F)F)o1. The molecule has 0 saturated carbocycles. The van der Waals surface area contributed by atoms with Gasteiger partial charge in [-0.2, -0.15) is 8.78 Å². The molecule has 0 aliphatic heterocycles. The highest BCUT2D eigenvalue weighted by Gasteiger charge is 2.06. The predicted molar refractivity (Wildman–Crippen MR) is 71.9 cm³/mol. The average molecular weight is 277 g/mol. The number of nitrogens with one attached hydrogen (secondary N) is 1. The van der Waals surface area contributed by atoms with E-state index < -0.39 is 5.76 Å². The molecule has 0 aromatic carbocycles. The molecule has 5 heteroatoms. The lowest BCUT2D eigenvalue weighted by Gasteiger charge is -2.02. The summed E-state index contributed by atoms with van der Waals surface area (Å²) < 4.78 is 29.4.